The molecule has 10 nitrogen and oxygen atoms in total. The number of Topliss-reactive ketones (excluding diaryl/α,β-unsaturated/α-hetero) is 1. The molecule has 0 bridgehead atoms. The Morgan fingerprint density at radius 2 is 1.76 bits per heavy atom. The molecule has 0 aliphatic carbocycles. The van der Waals surface area contributed by atoms with E-state index in [1.165, 1.54) is 4.31 Å². The van der Waals surface area contributed by atoms with Gasteiger partial charge in [-0.05, 0) is 25.1 Å². The van der Waals surface area contributed by atoms with Crippen LogP contribution in [0.5, 0.6) is 11.5 Å². The smallest absolute Gasteiger partial charge is 0.305 e. The maximum Gasteiger partial charge on any atom is 0.305 e. The number of carbonyl (C=O) groups excluding carboxylic acids is 2. The van der Waals surface area contributed by atoms with Crippen LogP contribution in [0.3, 0.4) is 0 Å². The van der Waals surface area contributed by atoms with Gasteiger partial charge in [-0.3, -0.25) is 14.4 Å². The maximum atomic E-state index is 12.8. The van der Waals surface area contributed by atoms with Gasteiger partial charge in [0.2, 0.25) is 5.91 Å². The molecule has 1 aromatic heterocycles. The Morgan fingerprint density at radius 3 is 2.42 bits per heavy atom. The quantitative estimate of drug-likeness (QED) is 0.601. The highest BCUT2D eigenvalue weighted by atomic mass is 32.2. The number of amides is 1. The molecule has 2 aliphatic heterocycles. The van der Waals surface area contributed by atoms with Gasteiger partial charge in [0.25, 0.3) is 10.0 Å². The highest BCUT2D eigenvalue weighted by molar-refractivity contribution is 7.91. The molecular formula is C21H25N3O7S2. The van der Waals surface area contributed by atoms with E-state index in [4.69, 9.17) is 9.47 Å². The van der Waals surface area contributed by atoms with Crippen molar-refractivity contribution in [3.8, 4) is 11.5 Å². The maximum absolute atomic E-state index is 12.8. The van der Waals surface area contributed by atoms with Crippen LogP contribution in [-0.2, 0) is 14.8 Å². The van der Waals surface area contributed by atoms with E-state index >= 15 is 0 Å². The number of hydrogen-bond donors (Lipinski definition) is 1. The number of benzene rings is 1. The molecule has 2 aliphatic rings. The average Bonchev–Trinajstić information content (AvgIpc) is 3.00. The van der Waals surface area contributed by atoms with Gasteiger partial charge in [0.05, 0.1) is 13.2 Å². The zero-order valence-electron chi connectivity index (χ0n) is 18.2. The number of hydrogen-bond acceptors (Lipinski definition) is 8. The van der Waals surface area contributed by atoms with Crippen molar-refractivity contribution < 1.29 is 27.5 Å². The topological polar surface area (TPSA) is 126 Å². The summed E-state index contributed by atoms with van der Waals surface area (Å²) < 4.78 is 38.1. The summed E-state index contributed by atoms with van der Waals surface area (Å²) in [6.07, 6.45) is 0.859. The molecule has 33 heavy (non-hydrogen) atoms. The Kier molecular flexibility index (Phi) is 6.86. The van der Waals surface area contributed by atoms with Crippen molar-refractivity contribution in [2.24, 2.45) is 0 Å². The molecule has 1 saturated heterocycles. The van der Waals surface area contributed by atoms with Crippen molar-refractivity contribution in [1.29, 1.82) is 0 Å². The van der Waals surface area contributed by atoms with Gasteiger partial charge in [-0.15, -0.1) is 0 Å². The van der Waals surface area contributed by atoms with Crippen molar-refractivity contribution in [1.82, 2.24) is 14.2 Å². The number of carbonyl (C=O) groups is 2. The summed E-state index contributed by atoms with van der Waals surface area (Å²) in [5.41, 5.74) is 0.778. The summed E-state index contributed by atoms with van der Waals surface area (Å²) in [5, 5.41) is 0. The highest BCUT2D eigenvalue weighted by Gasteiger charge is 2.32. The zero-order valence-corrected chi connectivity index (χ0v) is 19.8. The van der Waals surface area contributed by atoms with Gasteiger partial charge >= 0.3 is 4.87 Å². The molecule has 2 aromatic rings. The summed E-state index contributed by atoms with van der Waals surface area (Å²) in [6, 6.07) is 5.02. The van der Waals surface area contributed by atoms with E-state index in [1.807, 2.05) is 0 Å². The SMILES string of the molecule is Cc1[nH]c(=O)sc1S(=O)(=O)N1CCN(C(=O)CCC(=O)c2ccc3c(c2)OCCCO3)CC1. The number of sulfonamides is 1. The lowest BCUT2D eigenvalue weighted by Crippen LogP contribution is -2.50. The van der Waals surface area contributed by atoms with Crippen LogP contribution in [-0.4, -0.2) is 73.7 Å². The Hall–Kier alpha value is -2.70. The van der Waals surface area contributed by atoms with E-state index in [1.54, 1.807) is 30.0 Å². The number of piperazine rings is 1. The first-order chi connectivity index (χ1) is 15.8. The van der Waals surface area contributed by atoms with Gasteiger partial charge in [-0.2, -0.15) is 4.31 Å². The number of ketones is 1. The zero-order chi connectivity index (χ0) is 23.6. The average molecular weight is 496 g/mol. The molecule has 4 rings (SSSR count). The number of aromatic amines is 1. The molecule has 0 spiro atoms. The van der Waals surface area contributed by atoms with E-state index < -0.39 is 14.9 Å². The molecule has 0 unspecified atom stereocenters. The Bertz CT molecular complexity index is 1210. The van der Waals surface area contributed by atoms with Gasteiger partial charge < -0.3 is 19.4 Å². The fourth-order valence-corrected chi connectivity index (χ4v) is 6.65. The fraction of sp³-hybridized carbons (Fsp3) is 0.476. The van der Waals surface area contributed by atoms with E-state index in [9.17, 15) is 22.8 Å². The second-order valence-electron chi connectivity index (χ2n) is 7.85. The summed E-state index contributed by atoms with van der Waals surface area (Å²) >= 11 is 0.665. The Morgan fingerprint density at radius 1 is 1.06 bits per heavy atom. The van der Waals surface area contributed by atoms with Gasteiger partial charge in [0.1, 0.15) is 0 Å². The van der Waals surface area contributed by atoms with Crippen LogP contribution >= 0.6 is 11.3 Å². The van der Waals surface area contributed by atoms with E-state index in [0.29, 0.717) is 47.3 Å². The number of thiazole rings is 1. The van der Waals surface area contributed by atoms with E-state index in [2.05, 4.69) is 4.98 Å². The number of nitrogens with one attached hydrogen (secondary N) is 1. The summed E-state index contributed by atoms with van der Waals surface area (Å²) in [6.45, 7) is 3.36. The van der Waals surface area contributed by atoms with Crippen LogP contribution in [0.2, 0.25) is 0 Å². The van der Waals surface area contributed by atoms with Gasteiger partial charge in [0.15, 0.2) is 21.5 Å². The minimum Gasteiger partial charge on any atom is -0.490 e. The fourth-order valence-electron chi connectivity index (χ4n) is 3.79. The Labute approximate surface area is 195 Å². The molecule has 178 valence electrons. The normalized spacial score (nSPS) is 16.9. The number of ether oxygens (including phenoxy) is 2. The number of rotatable bonds is 6. The van der Waals surface area contributed by atoms with Gasteiger partial charge in [-0.25, -0.2) is 8.42 Å². The largest absolute Gasteiger partial charge is 0.490 e. The standard InChI is InChI=1S/C21H25N3O7S2/c1-14-20(32-21(27)22-14)33(28,29)24-9-7-23(8-10-24)19(26)6-4-16(25)15-3-5-17-18(13-15)31-12-2-11-30-17/h3,5,13H,2,4,6-12H2,1H3,(H,22,27). The molecule has 3 heterocycles. The van der Waals surface area contributed by atoms with E-state index in [-0.39, 0.29) is 54.9 Å². The molecule has 0 radical (unpaired) electrons. The number of H-pyrrole nitrogens is 1. The van der Waals surface area contributed by atoms with Crippen molar-refractivity contribution in [2.75, 3.05) is 39.4 Å². The third-order valence-electron chi connectivity index (χ3n) is 5.58. The minimum absolute atomic E-state index is 0.00741. The molecule has 0 saturated carbocycles. The van der Waals surface area contributed by atoms with Crippen molar-refractivity contribution in [3.05, 3.63) is 39.1 Å². The Balaban J connectivity index is 1.31. The van der Waals surface area contributed by atoms with Gasteiger partial charge in [-0.1, -0.05) is 11.3 Å². The first kappa shape index (κ1) is 23.5. The van der Waals surface area contributed by atoms with E-state index in [0.717, 1.165) is 6.42 Å². The van der Waals surface area contributed by atoms with Gasteiger partial charge in [0, 0.05) is 56.7 Å². The lowest BCUT2D eigenvalue weighted by Gasteiger charge is -2.33. The number of aromatic nitrogens is 1. The molecule has 12 heteroatoms. The molecule has 1 amide bonds. The van der Waals surface area contributed by atoms with Crippen LogP contribution in [0, 0.1) is 6.92 Å². The number of aryl methyl sites for hydroxylation is 1. The molecule has 1 fully saturated rings. The molecule has 0 atom stereocenters. The highest BCUT2D eigenvalue weighted by Crippen LogP contribution is 2.31. The monoisotopic (exact) mass is 495 g/mol. The van der Waals surface area contributed by atoms with Crippen molar-refractivity contribution >= 4 is 33.1 Å². The van der Waals surface area contributed by atoms with Crippen LogP contribution in [0.25, 0.3) is 0 Å². The summed E-state index contributed by atoms with van der Waals surface area (Å²) in [7, 11) is -3.79. The predicted octanol–water partition coefficient (Wildman–Crippen LogP) is 1.40. The summed E-state index contributed by atoms with van der Waals surface area (Å²) in [5.74, 6) is 0.773. The lowest BCUT2D eigenvalue weighted by molar-refractivity contribution is -0.132. The van der Waals surface area contributed by atoms with Crippen molar-refractivity contribution in [2.45, 2.75) is 30.4 Å². The van der Waals surface area contributed by atoms with Crippen molar-refractivity contribution in [3.63, 3.8) is 0 Å². The second kappa shape index (κ2) is 9.65. The number of nitrogens with zero attached hydrogens (tertiary/aromatic N) is 2. The summed E-state index contributed by atoms with van der Waals surface area (Å²) in [4.78, 5) is 40.3. The predicted molar refractivity (Wildman–Crippen MR) is 121 cm³/mol. The lowest BCUT2D eigenvalue weighted by atomic mass is 10.1. The van der Waals surface area contributed by atoms with Crippen LogP contribution in [0.15, 0.2) is 27.2 Å². The molecule has 1 N–H and O–H groups in total. The number of fused-ring (bicyclic) bond motifs is 1. The third-order valence-corrected chi connectivity index (χ3v) is 9.06. The van der Waals surface area contributed by atoms with Crippen LogP contribution in [0.1, 0.15) is 35.3 Å². The molecule has 1 aromatic carbocycles. The first-order valence-corrected chi connectivity index (χ1v) is 12.9. The van der Waals surface area contributed by atoms with Crippen LogP contribution in [0.4, 0.5) is 0 Å². The minimum atomic E-state index is -3.79. The second-order valence-corrected chi connectivity index (χ2v) is 11.0. The molecular weight excluding hydrogens is 470 g/mol. The van der Waals surface area contributed by atoms with Crippen LogP contribution < -0.4 is 14.3 Å². The third kappa shape index (κ3) is 5.12. The first-order valence-electron chi connectivity index (χ1n) is 10.7.